The zero-order chi connectivity index (χ0) is 15.0. The monoisotopic (exact) mass is 300 g/mol. The lowest BCUT2D eigenvalue weighted by molar-refractivity contribution is -0.142. The Balaban J connectivity index is 2.56. The van der Waals surface area contributed by atoms with Crippen molar-refractivity contribution in [2.24, 2.45) is 0 Å². The predicted octanol–water partition coefficient (Wildman–Crippen LogP) is 2.24. The molecule has 1 aromatic rings. The van der Waals surface area contributed by atoms with E-state index < -0.39 is 18.0 Å². The van der Waals surface area contributed by atoms with Crippen LogP contribution in [0.15, 0.2) is 24.3 Å². The van der Waals surface area contributed by atoms with E-state index in [1.54, 1.807) is 11.8 Å². The fourth-order valence-electron chi connectivity index (χ4n) is 1.49. The molecule has 1 atom stereocenters. The Hall–Kier alpha value is -1.76. The fraction of sp³-hybridized carbons (Fsp3) is 0.385. The summed E-state index contributed by atoms with van der Waals surface area (Å²) in [7, 11) is 1.27. The zero-order valence-electron chi connectivity index (χ0n) is 11.3. The van der Waals surface area contributed by atoms with Gasteiger partial charge in [-0.1, -0.05) is 0 Å². The molecule has 0 aliphatic rings. The lowest BCUT2D eigenvalue weighted by atomic mass is 10.2. The van der Waals surface area contributed by atoms with Crippen LogP contribution in [0.4, 0.5) is 14.9 Å². The van der Waals surface area contributed by atoms with E-state index >= 15 is 0 Å². The van der Waals surface area contributed by atoms with Crippen LogP contribution >= 0.6 is 11.8 Å². The van der Waals surface area contributed by atoms with Gasteiger partial charge in [0.05, 0.1) is 7.11 Å². The van der Waals surface area contributed by atoms with E-state index in [0.29, 0.717) is 12.1 Å². The molecule has 0 bridgehead atoms. The number of carbonyl (C=O) groups excluding carboxylic acids is 2. The number of rotatable bonds is 6. The number of hydrogen-bond donors (Lipinski definition) is 2. The number of amides is 2. The molecule has 110 valence electrons. The standard InChI is InChI=1S/C13H17FN2O3S/c1-19-12(17)11(7-8-20-2)16-13(18)15-10-5-3-9(14)4-6-10/h3-6,11H,7-8H2,1-2H3,(H2,15,16,18)/t11-/m1/s1. The highest BCUT2D eigenvalue weighted by atomic mass is 32.2. The number of hydrogen-bond acceptors (Lipinski definition) is 4. The Morgan fingerprint density at radius 3 is 2.55 bits per heavy atom. The molecule has 7 heteroatoms. The first-order valence-corrected chi connectivity index (χ1v) is 7.36. The van der Waals surface area contributed by atoms with Gasteiger partial charge < -0.3 is 15.4 Å². The van der Waals surface area contributed by atoms with E-state index in [0.717, 1.165) is 5.75 Å². The van der Waals surface area contributed by atoms with Crippen molar-refractivity contribution < 1.29 is 18.7 Å². The number of esters is 1. The predicted molar refractivity (Wildman–Crippen MR) is 77.4 cm³/mol. The van der Waals surface area contributed by atoms with E-state index in [1.807, 2.05) is 6.26 Å². The van der Waals surface area contributed by atoms with Crippen LogP contribution in [-0.4, -0.2) is 37.2 Å². The first-order chi connectivity index (χ1) is 9.56. The number of carbonyl (C=O) groups is 2. The molecule has 1 rings (SSSR count). The number of benzene rings is 1. The molecule has 0 fully saturated rings. The number of nitrogens with one attached hydrogen (secondary N) is 2. The van der Waals surface area contributed by atoms with Crippen molar-refractivity contribution in [1.29, 1.82) is 0 Å². The van der Waals surface area contributed by atoms with Crippen molar-refractivity contribution in [3.05, 3.63) is 30.1 Å². The van der Waals surface area contributed by atoms with Crippen LogP contribution in [0.25, 0.3) is 0 Å². The summed E-state index contributed by atoms with van der Waals surface area (Å²) < 4.78 is 17.4. The Labute approximate surface area is 121 Å². The van der Waals surface area contributed by atoms with E-state index in [-0.39, 0.29) is 5.82 Å². The third-order valence-corrected chi connectivity index (χ3v) is 3.15. The van der Waals surface area contributed by atoms with Gasteiger partial charge in [-0.3, -0.25) is 0 Å². The topological polar surface area (TPSA) is 67.4 Å². The highest BCUT2D eigenvalue weighted by Gasteiger charge is 2.20. The van der Waals surface area contributed by atoms with Gasteiger partial charge in [0.15, 0.2) is 0 Å². The van der Waals surface area contributed by atoms with E-state index in [1.165, 1.54) is 31.4 Å². The number of methoxy groups -OCH3 is 1. The summed E-state index contributed by atoms with van der Waals surface area (Å²) in [4.78, 5) is 23.3. The van der Waals surface area contributed by atoms with Crippen LogP contribution in [0.3, 0.4) is 0 Å². The van der Waals surface area contributed by atoms with Gasteiger partial charge in [0.2, 0.25) is 0 Å². The van der Waals surface area contributed by atoms with Gasteiger partial charge in [-0.2, -0.15) is 11.8 Å². The maximum Gasteiger partial charge on any atom is 0.328 e. The molecular formula is C13H17FN2O3S. The van der Waals surface area contributed by atoms with Crippen LogP contribution in [0.5, 0.6) is 0 Å². The molecule has 0 aromatic heterocycles. The molecule has 0 spiro atoms. The summed E-state index contributed by atoms with van der Waals surface area (Å²) >= 11 is 1.57. The van der Waals surface area contributed by atoms with Crippen molar-refractivity contribution in [2.45, 2.75) is 12.5 Å². The van der Waals surface area contributed by atoms with Crippen molar-refractivity contribution in [3.63, 3.8) is 0 Å². The number of anilines is 1. The van der Waals surface area contributed by atoms with Crippen LogP contribution in [0.1, 0.15) is 6.42 Å². The first-order valence-electron chi connectivity index (χ1n) is 5.96. The molecule has 2 N–H and O–H groups in total. The van der Waals surface area contributed by atoms with Gasteiger partial charge in [-0.25, -0.2) is 14.0 Å². The second kappa shape index (κ2) is 8.42. The quantitative estimate of drug-likeness (QED) is 0.791. The summed E-state index contributed by atoms with van der Waals surface area (Å²) in [5.74, 6) is -0.159. The molecule has 0 heterocycles. The van der Waals surface area contributed by atoms with E-state index in [4.69, 9.17) is 0 Å². The molecular weight excluding hydrogens is 283 g/mol. The number of ether oxygens (including phenoxy) is 1. The highest BCUT2D eigenvalue weighted by Crippen LogP contribution is 2.08. The van der Waals surface area contributed by atoms with Crippen LogP contribution in [-0.2, 0) is 9.53 Å². The number of thioether (sulfide) groups is 1. The minimum Gasteiger partial charge on any atom is -0.467 e. The van der Waals surface area contributed by atoms with Crippen LogP contribution in [0, 0.1) is 5.82 Å². The maximum atomic E-state index is 12.7. The molecule has 0 aliphatic carbocycles. The molecule has 2 amide bonds. The largest absolute Gasteiger partial charge is 0.467 e. The minimum absolute atomic E-state index is 0.386. The second-order valence-electron chi connectivity index (χ2n) is 3.96. The van der Waals surface area contributed by atoms with E-state index in [2.05, 4.69) is 15.4 Å². The van der Waals surface area contributed by atoms with Gasteiger partial charge in [0.1, 0.15) is 11.9 Å². The van der Waals surface area contributed by atoms with Gasteiger partial charge >= 0.3 is 12.0 Å². The molecule has 0 radical (unpaired) electrons. The minimum atomic E-state index is -0.701. The van der Waals surface area contributed by atoms with Gasteiger partial charge in [0.25, 0.3) is 0 Å². The summed E-state index contributed by atoms with van der Waals surface area (Å²) in [6.07, 6.45) is 2.39. The summed E-state index contributed by atoms with van der Waals surface area (Å²) in [6, 6.07) is 4.11. The Morgan fingerprint density at radius 1 is 1.35 bits per heavy atom. The van der Waals surface area contributed by atoms with Crippen LogP contribution in [0.2, 0.25) is 0 Å². The average Bonchev–Trinajstić information content (AvgIpc) is 2.45. The normalized spacial score (nSPS) is 11.6. The molecule has 20 heavy (non-hydrogen) atoms. The molecule has 0 aliphatic heterocycles. The van der Waals surface area contributed by atoms with E-state index in [9.17, 15) is 14.0 Å². The lowest BCUT2D eigenvalue weighted by Crippen LogP contribution is -2.44. The summed E-state index contributed by atoms with van der Waals surface area (Å²) in [5.41, 5.74) is 0.442. The molecule has 1 aromatic carbocycles. The van der Waals surface area contributed by atoms with Crippen molar-refractivity contribution in [3.8, 4) is 0 Å². The number of urea groups is 1. The Bertz CT molecular complexity index is 453. The Kier molecular flexibility index (Phi) is 6.86. The van der Waals surface area contributed by atoms with Crippen LogP contribution < -0.4 is 10.6 Å². The van der Waals surface area contributed by atoms with Crippen molar-refractivity contribution in [2.75, 3.05) is 24.4 Å². The fourth-order valence-corrected chi connectivity index (χ4v) is 1.96. The highest BCUT2D eigenvalue weighted by molar-refractivity contribution is 7.98. The van der Waals surface area contributed by atoms with Gasteiger partial charge in [-0.05, 0) is 42.7 Å². The third kappa shape index (κ3) is 5.48. The number of halogens is 1. The summed E-state index contributed by atoms with van der Waals surface area (Å²) in [5, 5.41) is 5.06. The summed E-state index contributed by atoms with van der Waals surface area (Å²) in [6.45, 7) is 0. The molecule has 5 nitrogen and oxygen atoms in total. The van der Waals surface area contributed by atoms with Crippen molar-refractivity contribution >= 4 is 29.4 Å². The average molecular weight is 300 g/mol. The molecule has 0 saturated heterocycles. The Morgan fingerprint density at radius 2 is 2.00 bits per heavy atom. The third-order valence-electron chi connectivity index (χ3n) is 2.50. The van der Waals surface area contributed by atoms with Crippen molar-refractivity contribution in [1.82, 2.24) is 5.32 Å². The second-order valence-corrected chi connectivity index (χ2v) is 4.95. The molecule has 0 unspecified atom stereocenters. The molecule has 0 saturated carbocycles. The maximum absolute atomic E-state index is 12.7. The lowest BCUT2D eigenvalue weighted by Gasteiger charge is -2.16. The smallest absolute Gasteiger partial charge is 0.328 e. The van der Waals surface area contributed by atoms with Gasteiger partial charge in [-0.15, -0.1) is 0 Å². The SMILES string of the molecule is COC(=O)[C@@H](CCSC)NC(=O)Nc1ccc(F)cc1. The zero-order valence-corrected chi connectivity index (χ0v) is 12.1. The first kappa shape index (κ1) is 16.3. The van der Waals surface area contributed by atoms with Gasteiger partial charge in [0, 0.05) is 5.69 Å².